The van der Waals surface area contributed by atoms with Crippen LogP contribution in [-0.2, 0) is 4.79 Å². The summed E-state index contributed by atoms with van der Waals surface area (Å²) in [7, 11) is 1.57. The number of benzene rings is 1. The molecule has 0 radical (unpaired) electrons. The van der Waals surface area contributed by atoms with Crippen LogP contribution in [-0.4, -0.2) is 37.8 Å². The highest BCUT2D eigenvalue weighted by atomic mass is 16.5. The predicted octanol–water partition coefficient (Wildman–Crippen LogP) is 1.71. The molecule has 0 saturated heterocycles. The highest BCUT2D eigenvalue weighted by molar-refractivity contribution is 5.82. The number of aliphatic hydroxyl groups excluding tert-OH is 1. The van der Waals surface area contributed by atoms with Crippen LogP contribution in [0, 0.1) is 0 Å². The van der Waals surface area contributed by atoms with E-state index in [0.29, 0.717) is 24.4 Å². The van der Waals surface area contributed by atoms with E-state index in [1.807, 2.05) is 36.9 Å². The standard InChI is InChI=1S/C15H24N2O3/c1-5-16-14(19)10-17(6-2)12-8-7-9-13(20-4)15(12)11(3)18/h7-9,11,18H,5-6,10H2,1-4H3,(H,16,19). The molecule has 5 nitrogen and oxygen atoms in total. The third-order valence-corrected chi connectivity index (χ3v) is 3.11. The van der Waals surface area contributed by atoms with Crippen LogP contribution in [0.4, 0.5) is 5.69 Å². The van der Waals surface area contributed by atoms with Crippen LogP contribution in [0.2, 0.25) is 0 Å². The van der Waals surface area contributed by atoms with Crippen LogP contribution >= 0.6 is 0 Å². The number of likely N-dealkylation sites (N-methyl/N-ethyl adjacent to an activating group) is 2. The van der Waals surface area contributed by atoms with E-state index < -0.39 is 6.10 Å². The quantitative estimate of drug-likeness (QED) is 0.798. The Bertz CT molecular complexity index is 447. The molecule has 1 aromatic rings. The number of carbonyl (C=O) groups is 1. The Hall–Kier alpha value is -1.75. The molecule has 0 fully saturated rings. The molecule has 5 heteroatoms. The summed E-state index contributed by atoms with van der Waals surface area (Å²) in [4.78, 5) is 13.7. The minimum absolute atomic E-state index is 0.0336. The molecule has 0 spiro atoms. The zero-order chi connectivity index (χ0) is 15.1. The Morgan fingerprint density at radius 2 is 2.15 bits per heavy atom. The van der Waals surface area contributed by atoms with Gasteiger partial charge in [-0.25, -0.2) is 0 Å². The first-order valence-corrected chi connectivity index (χ1v) is 6.91. The second kappa shape index (κ2) is 7.75. The molecule has 0 bridgehead atoms. The Morgan fingerprint density at radius 3 is 2.65 bits per heavy atom. The molecule has 1 amide bonds. The Kier molecular flexibility index (Phi) is 6.31. The average Bonchev–Trinajstić information content (AvgIpc) is 2.44. The van der Waals surface area contributed by atoms with Gasteiger partial charge in [-0.3, -0.25) is 4.79 Å². The van der Waals surface area contributed by atoms with Crippen LogP contribution in [0.5, 0.6) is 5.75 Å². The molecule has 1 rings (SSSR count). The lowest BCUT2D eigenvalue weighted by Crippen LogP contribution is -2.37. The number of anilines is 1. The number of methoxy groups -OCH3 is 1. The average molecular weight is 280 g/mol. The van der Waals surface area contributed by atoms with Crippen molar-refractivity contribution in [3.05, 3.63) is 23.8 Å². The summed E-state index contributed by atoms with van der Waals surface area (Å²) in [5, 5.41) is 12.8. The first-order chi connectivity index (χ1) is 9.54. The topological polar surface area (TPSA) is 61.8 Å². The van der Waals surface area contributed by atoms with Crippen molar-refractivity contribution in [3.8, 4) is 5.75 Å². The van der Waals surface area contributed by atoms with Crippen molar-refractivity contribution in [1.82, 2.24) is 5.32 Å². The fourth-order valence-electron chi connectivity index (χ4n) is 2.20. The van der Waals surface area contributed by atoms with Gasteiger partial charge < -0.3 is 20.1 Å². The van der Waals surface area contributed by atoms with Crippen molar-refractivity contribution in [2.75, 3.05) is 31.6 Å². The molecular weight excluding hydrogens is 256 g/mol. The maximum atomic E-state index is 11.8. The zero-order valence-electron chi connectivity index (χ0n) is 12.6. The van der Waals surface area contributed by atoms with Crippen molar-refractivity contribution in [2.45, 2.75) is 26.9 Å². The molecular formula is C15H24N2O3. The van der Waals surface area contributed by atoms with Crippen LogP contribution in [0.1, 0.15) is 32.4 Å². The Balaban J connectivity index is 3.11. The largest absolute Gasteiger partial charge is 0.496 e. The molecule has 0 saturated carbocycles. The number of hydrogen-bond acceptors (Lipinski definition) is 4. The first kappa shape index (κ1) is 16.3. The number of amides is 1. The molecule has 1 unspecified atom stereocenters. The first-order valence-electron chi connectivity index (χ1n) is 6.91. The van der Waals surface area contributed by atoms with Gasteiger partial charge in [-0.05, 0) is 32.9 Å². The third-order valence-electron chi connectivity index (χ3n) is 3.11. The minimum Gasteiger partial charge on any atom is -0.496 e. The second-order valence-electron chi connectivity index (χ2n) is 4.54. The zero-order valence-corrected chi connectivity index (χ0v) is 12.6. The molecule has 0 aliphatic heterocycles. The number of rotatable bonds is 7. The van der Waals surface area contributed by atoms with E-state index in [2.05, 4.69) is 5.32 Å². The van der Waals surface area contributed by atoms with Gasteiger partial charge in [0, 0.05) is 24.3 Å². The van der Waals surface area contributed by atoms with Crippen LogP contribution in [0.15, 0.2) is 18.2 Å². The lowest BCUT2D eigenvalue weighted by atomic mass is 10.1. The van der Waals surface area contributed by atoms with Crippen molar-refractivity contribution in [2.24, 2.45) is 0 Å². The van der Waals surface area contributed by atoms with Crippen molar-refractivity contribution in [1.29, 1.82) is 0 Å². The van der Waals surface area contributed by atoms with Gasteiger partial charge in [0.2, 0.25) is 5.91 Å². The maximum absolute atomic E-state index is 11.8. The van der Waals surface area contributed by atoms with E-state index in [1.54, 1.807) is 14.0 Å². The van der Waals surface area contributed by atoms with Gasteiger partial charge >= 0.3 is 0 Å². The normalized spacial score (nSPS) is 11.8. The molecule has 0 aromatic heterocycles. The van der Waals surface area contributed by atoms with E-state index in [-0.39, 0.29) is 12.5 Å². The smallest absolute Gasteiger partial charge is 0.239 e. The summed E-state index contributed by atoms with van der Waals surface area (Å²) in [5.74, 6) is 0.598. The molecule has 112 valence electrons. The van der Waals surface area contributed by atoms with Crippen LogP contribution in [0.3, 0.4) is 0 Å². The van der Waals surface area contributed by atoms with Gasteiger partial charge in [-0.15, -0.1) is 0 Å². The van der Waals surface area contributed by atoms with Gasteiger partial charge in [0.1, 0.15) is 5.75 Å². The lowest BCUT2D eigenvalue weighted by molar-refractivity contribution is -0.119. The third kappa shape index (κ3) is 3.87. The van der Waals surface area contributed by atoms with E-state index in [9.17, 15) is 9.90 Å². The maximum Gasteiger partial charge on any atom is 0.239 e. The fraction of sp³-hybridized carbons (Fsp3) is 0.533. The molecule has 2 N–H and O–H groups in total. The minimum atomic E-state index is -0.663. The lowest BCUT2D eigenvalue weighted by Gasteiger charge is -2.27. The Labute approximate surface area is 120 Å². The van der Waals surface area contributed by atoms with Crippen LogP contribution < -0.4 is 15.0 Å². The van der Waals surface area contributed by atoms with Crippen molar-refractivity contribution >= 4 is 11.6 Å². The number of nitrogens with zero attached hydrogens (tertiary/aromatic N) is 1. The van der Waals surface area contributed by atoms with Gasteiger partial charge in [0.25, 0.3) is 0 Å². The summed E-state index contributed by atoms with van der Waals surface area (Å²) in [6, 6.07) is 5.57. The molecule has 0 heterocycles. The summed E-state index contributed by atoms with van der Waals surface area (Å²) in [6.07, 6.45) is -0.663. The number of hydrogen-bond donors (Lipinski definition) is 2. The molecule has 1 atom stereocenters. The molecule has 0 aliphatic carbocycles. The predicted molar refractivity (Wildman–Crippen MR) is 80.2 cm³/mol. The number of nitrogens with one attached hydrogen (secondary N) is 1. The Morgan fingerprint density at radius 1 is 1.45 bits per heavy atom. The van der Waals surface area contributed by atoms with E-state index >= 15 is 0 Å². The fourth-order valence-corrected chi connectivity index (χ4v) is 2.20. The van der Waals surface area contributed by atoms with Gasteiger partial charge in [-0.2, -0.15) is 0 Å². The van der Waals surface area contributed by atoms with Crippen molar-refractivity contribution < 1.29 is 14.6 Å². The van der Waals surface area contributed by atoms with E-state index in [0.717, 1.165) is 5.69 Å². The second-order valence-corrected chi connectivity index (χ2v) is 4.54. The summed E-state index contributed by atoms with van der Waals surface area (Å²) in [6.45, 7) is 7.10. The van der Waals surface area contributed by atoms with Gasteiger partial charge in [-0.1, -0.05) is 6.07 Å². The van der Waals surface area contributed by atoms with Crippen molar-refractivity contribution in [3.63, 3.8) is 0 Å². The monoisotopic (exact) mass is 280 g/mol. The van der Waals surface area contributed by atoms with Crippen LogP contribution in [0.25, 0.3) is 0 Å². The summed E-state index contributed by atoms with van der Waals surface area (Å²) >= 11 is 0. The number of aliphatic hydroxyl groups is 1. The molecule has 0 aliphatic rings. The van der Waals surface area contributed by atoms with Gasteiger partial charge in [0.05, 0.1) is 19.8 Å². The summed E-state index contributed by atoms with van der Waals surface area (Å²) in [5.41, 5.74) is 1.54. The number of carbonyl (C=O) groups excluding carboxylic acids is 1. The molecule has 1 aromatic carbocycles. The highest BCUT2D eigenvalue weighted by Crippen LogP contribution is 2.34. The summed E-state index contributed by atoms with van der Waals surface area (Å²) < 4.78 is 5.31. The molecule has 20 heavy (non-hydrogen) atoms. The van der Waals surface area contributed by atoms with E-state index in [1.165, 1.54) is 0 Å². The number of ether oxygens (including phenoxy) is 1. The van der Waals surface area contributed by atoms with Gasteiger partial charge in [0.15, 0.2) is 0 Å². The van der Waals surface area contributed by atoms with E-state index in [4.69, 9.17) is 4.74 Å². The highest BCUT2D eigenvalue weighted by Gasteiger charge is 2.19. The SMILES string of the molecule is CCNC(=O)CN(CC)c1cccc(OC)c1C(C)O.